The number of hydrogen-bond acceptors (Lipinski definition) is 4. The van der Waals surface area contributed by atoms with Gasteiger partial charge in [0.15, 0.2) is 5.78 Å². The van der Waals surface area contributed by atoms with Crippen LogP contribution in [0.2, 0.25) is 10.0 Å². The maximum atomic E-state index is 13.4. The Morgan fingerprint density at radius 1 is 0.971 bits per heavy atom. The minimum Gasteiger partial charge on any atom is -0.337 e. The van der Waals surface area contributed by atoms with Crippen LogP contribution >= 0.6 is 23.2 Å². The molecule has 0 saturated carbocycles. The van der Waals surface area contributed by atoms with Crippen molar-refractivity contribution < 1.29 is 22.8 Å². The monoisotopic (exact) mass is 519 g/mol. The zero-order chi connectivity index (χ0) is 25.3. The molecule has 0 unspecified atom stereocenters. The summed E-state index contributed by atoms with van der Waals surface area (Å²) in [5, 5.41) is 2.40. The van der Waals surface area contributed by atoms with E-state index in [0.717, 1.165) is 6.07 Å². The molecule has 1 amide bonds. The first kappa shape index (κ1) is 24.4. The van der Waals surface area contributed by atoms with Gasteiger partial charge in [0.2, 0.25) is 11.3 Å². The van der Waals surface area contributed by atoms with E-state index in [0.29, 0.717) is 6.07 Å². The van der Waals surface area contributed by atoms with Gasteiger partial charge in [0.1, 0.15) is 6.54 Å². The van der Waals surface area contributed by atoms with E-state index in [1.165, 1.54) is 59.6 Å². The van der Waals surface area contributed by atoms with Crippen LogP contribution in [0.5, 0.6) is 0 Å². The summed E-state index contributed by atoms with van der Waals surface area (Å²) in [4.78, 5) is 42.7. The predicted molar refractivity (Wildman–Crippen MR) is 126 cm³/mol. The number of halogens is 5. The lowest BCUT2D eigenvalue weighted by Crippen LogP contribution is -2.25. The van der Waals surface area contributed by atoms with E-state index in [2.05, 4.69) is 10.3 Å². The maximum absolute atomic E-state index is 13.4. The van der Waals surface area contributed by atoms with Crippen molar-refractivity contribution in [3.05, 3.63) is 104 Å². The Kier molecular flexibility index (Phi) is 6.64. The lowest BCUT2D eigenvalue weighted by atomic mass is 10.0. The summed E-state index contributed by atoms with van der Waals surface area (Å²) in [6.45, 7) is -0.491. The lowest BCUT2D eigenvalue weighted by Gasteiger charge is -2.16. The zero-order valence-electron chi connectivity index (χ0n) is 17.6. The second-order valence-electron chi connectivity index (χ2n) is 7.46. The Labute approximate surface area is 205 Å². The fourth-order valence-electron chi connectivity index (χ4n) is 3.53. The number of aromatic nitrogens is 2. The number of hydrogen-bond donors (Lipinski definition) is 1. The van der Waals surface area contributed by atoms with Crippen LogP contribution in [0.15, 0.2) is 71.9 Å². The number of benzene rings is 2. The SMILES string of the molecule is O=C(Cn1cc(C(=O)c2ccncc2)c(=O)c2cc(Cl)ccc21)Nc1ccc(Cl)cc1C(F)(F)F. The highest BCUT2D eigenvalue weighted by atomic mass is 35.5. The Morgan fingerprint density at radius 3 is 2.31 bits per heavy atom. The van der Waals surface area contributed by atoms with E-state index >= 15 is 0 Å². The van der Waals surface area contributed by atoms with Crippen molar-refractivity contribution in [2.45, 2.75) is 12.7 Å². The van der Waals surface area contributed by atoms with Gasteiger partial charge in [0.05, 0.1) is 22.3 Å². The standard InChI is InChI=1S/C24H14Cl2F3N3O3/c25-14-2-4-20-16(9-14)23(35)17(22(34)13-5-7-30-8-6-13)11-32(20)12-21(33)31-19-3-1-15(26)10-18(19)24(27,28)29/h1-11H,12H2,(H,31,33). The molecule has 0 aliphatic heterocycles. The highest BCUT2D eigenvalue weighted by Crippen LogP contribution is 2.36. The Bertz CT molecular complexity index is 1520. The first-order valence-corrected chi connectivity index (χ1v) is 10.7. The third-order valence-electron chi connectivity index (χ3n) is 5.10. The predicted octanol–water partition coefficient (Wildman–Crippen LogP) is 5.59. The van der Waals surface area contributed by atoms with Crippen molar-refractivity contribution in [2.24, 2.45) is 0 Å². The highest BCUT2D eigenvalue weighted by Gasteiger charge is 2.34. The highest BCUT2D eigenvalue weighted by molar-refractivity contribution is 6.31. The minimum absolute atomic E-state index is 0.0766. The van der Waals surface area contributed by atoms with E-state index in [4.69, 9.17) is 23.2 Å². The van der Waals surface area contributed by atoms with Crippen molar-refractivity contribution in [3.63, 3.8) is 0 Å². The molecule has 0 spiro atoms. The average Bonchev–Trinajstić information content (AvgIpc) is 2.81. The van der Waals surface area contributed by atoms with Crippen LogP contribution in [0.1, 0.15) is 21.5 Å². The zero-order valence-corrected chi connectivity index (χ0v) is 19.1. The van der Waals surface area contributed by atoms with Crippen LogP contribution in [0.3, 0.4) is 0 Å². The van der Waals surface area contributed by atoms with Crippen LogP contribution in [0.25, 0.3) is 10.9 Å². The van der Waals surface area contributed by atoms with Gasteiger partial charge >= 0.3 is 6.18 Å². The van der Waals surface area contributed by atoms with Gasteiger partial charge in [-0.2, -0.15) is 13.2 Å². The topological polar surface area (TPSA) is 81.1 Å². The van der Waals surface area contributed by atoms with Crippen molar-refractivity contribution in [1.29, 1.82) is 0 Å². The van der Waals surface area contributed by atoms with Gasteiger partial charge in [-0.15, -0.1) is 0 Å². The molecule has 0 fully saturated rings. The van der Waals surface area contributed by atoms with Gasteiger partial charge in [-0.1, -0.05) is 23.2 Å². The molecule has 0 bridgehead atoms. The molecule has 35 heavy (non-hydrogen) atoms. The molecule has 4 aromatic rings. The second kappa shape index (κ2) is 9.52. The van der Waals surface area contributed by atoms with Crippen molar-refractivity contribution >= 4 is 51.5 Å². The summed E-state index contributed by atoms with van der Waals surface area (Å²) >= 11 is 11.7. The van der Waals surface area contributed by atoms with Crippen LogP contribution < -0.4 is 10.7 Å². The van der Waals surface area contributed by atoms with E-state index in [-0.39, 0.29) is 32.1 Å². The molecule has 2 aromatic carbocycles. The molecule has 0 saturated heterocycles. The van der Waals surface area contributed by atoms with Crippen LogP contribution in [-0.2, 0) is 17.5 Å². The van der Waals surface area contributed by atoms with Crippen molar-refractivity contribution in [3.8, 4) is 0 Å². The van der Waals surface area contributed by atoms with Gasteiger partial charge in [-0.3, -0.25) is 19.4 Å². The summed E-state index contributed by atoms with van der Waals surface area (Å²) in [7, 11) is 0. The first-order valence-electron chi connectivity index (χ1n) is 9.98. The van der Waals surface area contributed by atoms with Crippen LogP contribution in [-0.4, -0.2) is 21.2 Å². The molecular weight excluding hydrogens is 506 g/mol. The fourth-order valence-corrected chi connectivity index (χ4v) is 3.87. The van der Waals surface area contributed by atoms with Crippen LogP contribution in [0.4, 0.5) is 18.9 Å². The molecule has 6 nitrogen and oxygen atoms in total. The van der Waals surface area contributed by atoms with Crippen LogP contribution in [0, 0.1) is 0 Å². The molecular formula is C24H14Cl2F3N3O3. The Morgan fingerprint density at radius 2 is 1.63 bits per heavy atom. The molecule has 178 valence electrons. The fraction of sp³-hybridized carbons (Fsp3) is 0.0833. The summed E-state index contributed by atoms with van der Waals surface area (Å²) < 4.78 is 41.5. The first-order chi connectivity index (χ1) is 16.5. The number of nitrogens with zero attached hydrogens (tertiary/aromatic N) is 2. The normalized spacial score (nSPS) is 11.5. The molecule has 0 aliphatic rings. The molecule has 0 radical (unpaired) electrons. The van der Waals surface area contributed by atoms with Gasteiger partial charge < -0.3 is 9.88 Å². The summed E-state index contributed by atoms with van der Waals surface area (Å²) in [5.74, 6) is -1.43. The largest absolute Gasteiger partial charge is 0.418 e. The van der Waals surface area contributed by atoms with Gasteiger partial charge in [-0.05, 0) is 48.5 Å². The van der Waals surface area contributed by atoms with Gasteiger partial charge in [0, 0.05) is 39.6 Å². The Balaban J connectivity index is 1.76. The van der Waals surface area contributed by atoms with E-state index in [1.807, 2.05) is 0 Å². The molecule has 2 aromatic heterocycles. The number of anilines is 1. The smallest absolute Gasteiger partial charge is 0.337 e. The number of alkyl halides is 3. The molecule has 11 heteroatoms. The number of carbonyl (C=O) groups excluding carboxylic acids is 2. The number of nitrogens with one attached hydrogen (secondary N) is 1. The maximum Gasteiger partial charge on any atom is 0.418 e. The number of fused-ring (bicyclic) bond motifs is 1. The minimum atomic E-state index is -4.75. The number of carbonyl (C=O) groups is 2. The molecule has 1 N–H and O–H groups in total. The third kappa shape index (κ3) is 5.21. The number of ketones is 1. The van der Waals surface area contributed by atoms with Gasteiger partial charge in [-0.25, -0.2) is 0 Å². The molecule has 0 atom stereocenters. The van der Waals surface area contributed by atoms with Crippen molar-refractivity contribution in [1.82, 2.24) is 9.55 Å². The third-order valence-corrected chi connectivity index (χ3v) is 5.57. The number of rotatable bonds is 5. The summed E-state index contributed by atoms with van der Waals surface area (Å²) in [6.07, 6.45) is -0.769. The second-order valence-corrected chi connectivity index (χ2v) is 8.33. The summed E-state index contributed by atoms with van der Waals surface area (Å²) in [5.41, 5.74) is -1.95. The lowest BCUT2D eigenvalue weighted by molar-refractivity contribution is -0.137. The molecule has 0 aliphatic carbocycles. The average molecular weight is 520 g/mol. The molecule has 2 heterocycles. The number of pyridine rings is 2. The number of amides is 1. The van der Waals surface area contributed by atoms with E-state index in [9.17, 15) is 27.6 Å². The molecule has 4 rings (SSSR count). The summed E-state index contributed by atoms with van der Waals surface area (Å²) in [6, 6.07) is 10.2. The Hall–Kier alpha value is -3.69. The van der Waals surface area contributed by atoms with Crippen molar-refractivity contribution in [2.75, 3.05) is 5.32 Å². The quantitative estimate of drug-likeness (QED) is 0.348. The van der Waals surface area contributed by atoms with E-state index in [1.54, 1.807) is 0 Å². The van der Waals surface area contributed by atoms with E-state index < -0.39 is 41.1 Å². The van der Waals surface area contributed by atoms with Gasteiger partial charge in [0.25, 0.3) is 0 Å².